The minimum atomic E-state index is -4.52. The molecule has 1 saturated heterocycles. The third-order valence-electron chi connectivity index (χ3n) is 6.09. The van der Waals surface area contributed by atoms with Crippen LogP contribution in [0.3, 0.4) is 0 Å². The van der Waals surface area contributed by atoms with Gasteiger partial charge in [0.25, 0.3) is 5.56 Å². The summed E-state index contributed by atoms with van der Waals surface area (Å²) in [6.45, 7) is 1.00. The van der Waals surface area contributed by atoms with Crippen molar-refractivity contribution in [1.29, 1.82) is 0 Å². The summed E-state index contributed by atoms with van der Waals surface area (Å²) in [6, 6.07) is 12.0. The number of aromatic nitrogens is 5. The number of halogens is 3. The topological polar surface area (TPSA) is 74.8 Å². The predicted molar refractivity (Wildman–Crippen MR) is 120 cm³/mol. The molecule has 0 spiro atoms. The van der Waals surface area contributed by atoms with Crippen molar-refractivity contribution in [2.45, 2.75) is 31.7 Å². The molecule has 0 amide bonds. The van der Waals surface area contributed by atoms with Gasteiger partial charge in [0.15, 0.2) is 11.3 Å². The molecule has 0 N–H and O–H groups in total. The molecule has 172 valence electrons. The van der Waals surface area contributed by atoms with Crippen LogP contribution in [-0.4, -0.2) is 36.8 Å². The van der Waals surface area contributed by atoms with Crippen LogP contribution >= 0.6 is 0 Å². The summed E-state index contributed by atoms with van der Waals surface area (Å²) in [5.41, 5.74) is 0.971. The molecule has 6 rings (SSSR count). The maximum atomic E-state index is 13.5. The van der Waals surface area contributed by atoms with Gasteiger partial charge in [0, 0.05) is 12.3 Å². The number of fused-ring (bicyclic) bond motifs is 4. The van der Waals surface area contributed by atoms with E-state index in [1.54, 1.807) is 18.2 Å². The van der Waals surface area contributed by atoms with Crippen molar-refractivity contribution in [2.75, 3.05) is 6.61 Å². The average Bonchev–Trinajstić information content (AvgIpc) is 3.45. The lowest BCUT2D eigenvalue weighted by molar-refractivity contribution is -0.137. The van der Waals surface area contributed by atoms with Gasteiger partial charge in [0.1, 0.15) is 17.2 Å². The highest BCUT2D eigenvalue weighted by Crippen LogP contribution is 2.33. The van der Waals surface area contributed by atoms with Crippen molar-refractivity contribution in [3.05, 3.63) is 70.8 Å². The second kappa shape index (κ2) is 7.63. The van der Waals surface area contributed by atoms with Crippen LogP contribution in [-0.2, 0) is 17.5 Å². The maximum absolute atomic E-state index is 13.5. The van der Waals surface area contributed by atoms with E-state index in [-0.39, 0.29) is 34.0 Å². The zero-order valence-corrected chi connectivity index (χ0v) is 17.8. The first-order valence-electron chi connectivity index (χ1n) is 10.9. The third kappa shape index (κ3) is 3.33. The van der Waals surface area contributed by atoms with E-state index in [4.69, 9.17) is 4.74 Å². The van der Waals surface area contributed by atoms with Crippen molar-refractivity contribution >= 4 is 33.2 Å². The van der Waals surface area contributed by atoms with Crippen LogP contribution in [0.1, 0.15) is 18.4 Å². The van der Waals surface area contributed by atoms with E-state index in [0.29, 0.717) is 29.7 Å². The first-order valence-corrected chi connectivity index (χ1v) is 10.9. The Balaban J connectivity index is 1.67. The Morgan fingerprint density at radius 2 is 1.82 bits per heavy atom. The maximum Gasteiger partial charge on any atom is 0.416 e. The number of hydrogen-bond acceptors (Lipinski definition) is 5. The minimum absolute atomic E-state index is 0.0827. The lowest BCUT2D eigenvalue weighted by Crippen LogP contribution is -2.26. The number of rotatable bonds is 3. The molecule has 10 heteroatoms. The molecule has 2 aromatic carbocycles. The monoisotopic (exact) mass is 465 g/mol. The molecule has 1 atom stereocenters. The van der Waals surface area contributed by atoms with Gasteiger partial charge in [-0.2, -0.15) is 13.2 Å². The summed E-state index contributed by atoms with van der Waals surface area (Å²) in [5, 5.41) is 0.214. The summed E-state index contributed by atoms with van der Waals surface area (Å²) >= 11 is 0. The quantitative estimate of drug-likeness (QED) is 0.393. The summed E-state index contributed by atoms with van der Waals surface area (Å²) in [4.78, 5) is 27.4. The van der Waals surface area contributed by atoms with Gasteiger partial charge in [-0.05, 0) is 43.2 Å². The first-order chi connectivity index (χ1) is 16.4. The van der Waals surface area contributed by atoms with E-state index in [0.717, 1.165) is 25.0 Å². The van der Waals surface area contributed by atoms with Crippen LogP contribution in [0.4, 0.5) is 13.2 Å². The summed E-state index contributed by atoms with van der Waals surface area (Å²) in [5.74, 6) is 0. The van der Waals surface area contributed by atoms with Crippen molar-refractivity contribution in [3.63, 3.8) is 0 Å². The number of hydrogen-bond donors (Lipinski definition) is 0. The number of benzene rings is 2. The average molecular weight is 465 g/mol. The zero-order chi connectivity index (χ0) is 23.4. The summed E-state index contributed by atoms with van der Waals surface area (Å²) in [7, 11) is 0. The summed E-state index contributed by atoms with van der Waals surface area (Å²) in [6.07, 6.45) is -1.41. The first kappa shape index (κ1) is 20.8. The normalized spacial score (nSPS) is 16.7. The van der Waals surface area contributed by atoms with E-state index in [1.807, 2.05) is 6.07 Å². The standard InChI is InChI=1S/C24H18F3N5O2/c25-24(26,27)14-5-3-6-15(11-14)32-21-19(20-22(32)30-18-9-2-1-8-17(18)29-20)23(33)31(13-28-21)12-16-7-4-10-34-16/h1-3,5-6,8-9,11,13,16H,4,7,10,12H2/t16-/m0/s1. The highest BCUT2D eigenvalue weighted by atomic mass is 19.4. The number of nitrogens with zero attached hydrogens (tertiary/aromatic N) is 5. The van der Waals surface area contributed by atoms with Crippen molar-refractivity contribution in [3.8, 4) is 5.69 Å². The minimum Gasteiger partial charge on any atom is -0.376 e. The molecule has 0 saturated carbocycles. The van der Waals surface area contributed by atoms with Crippen molar-refractivity contribution in [2.24, 2.45) is 0 Å². The second-order valence-electron chi connectivity index (χ2n) is 8.30. The Hall–Kier alpha value is -3.79. The fourth-order valence-electron chi connectivity index (χ4n) is 4.48. The molecule has 0 bridgehead atoms. The Bertz CT molecular complexity index is 1620. The molecule has 7 nitrogen and oxygen atoms in total. The van der Waals surface area contributed by atoms with E-state index in [9.17, 15) is 18.0 Å². The lowest BCUT2D eigenvalue weighted by Gasteiger charge is -2.12. The summed E-state index contributed by atoms with van der Waals surface area (Å²) < 4.78 is 48.9. The van der Waals surface area contributed by atoms with E-state index in [1.165, 1.54) is 27.6 Å². The Labute approximate surface area is 190 Å². The molecule has 0 aliphatic carbocycles. The molecule has 1 aliphatic rings. The number of ether oxygens (including phenoxy) is 1. The number of alkyl halides is 3. The molecule has 0 radical (unpaired) electrons. The van der Waals surface area contributed by atoms with Gasteiger partial charge < -0.3 is 4.74 Å². The van der Waals surface area contributed by atoms with Gasteiger partial charge in [-0.25, -0.2) is 15.0 Å². The predicted octanol–water partition coefficient (Wildman–Crippen LogP) is 4.48. The Morgan fingerprint density at radius 1 is 1.03 bits per heavy atom. The molecule has 0 unspecified atom stereocenters. The van der Waals surface area contributed by atoms with E-state index in [2.05, 4.69) is 15.0 Å². The van der Waals surface area contributed by atoms with Crippen LogP contribution < -0.4 is 5.56 Å². The molecule has 34 heavy (non-hydrogen) atoms. The lowest BCUT2D eigenvalue weighted by atomic mass is 10.2. The van der Waals surface area contributed by atoms with Gasteiger partial charge in [0.2, 0.25) is 0 Å². The largest absolute Gasteiger partial charge is 0.416 e. The molecular weight excluding hydrogens is 447 g/mol. The fraction of sp³-hybridized carbons (Fsp3) is 0.250. The Kier molecular flexibility index (Phi) is 4.66. The molecule has 1 fully saturated rings. The molecular formula is C24H18F3N5O2. The van der Waals surface area contributed by atoms with Gasteiger partial charge in [-0.15, -0.1) is 0 Å². The van der Waals surface area contributed by atoms with Crippen LogP contribution in [0, 0.1) is 0 Å². The van der Waals surface area contributed by atoms with Crippen LogP contribution in [0.5, 0.6) is 0 Å². The van der Waals surface area contributed by atoms with E-state index < -0.39 is 11.7 Å². The molecule has 1 aliphatic heterocycles. The molecule has 4 heterocycles. The second-order valence-corrected chi connectivity index (χ2v) is 8.30. The third-order valence-corrected chi connectivity index (χ3v) is 6.09. The van der Waals surface area contributed by atoms with Crippen molar-refractivity contribution < 1.29 is 17.9 Å². The van der Waals surface area contributed by atoms with Crippen LogP contribution in [0.15, 0.2) is 59.7 Å². The van der Waals surface area contributed by atoms with Crippen LogP contribution in [0.2, 0.25) is 0 Å². The van der Waals surface area contributed by atoms with Gasteiger partial charge in [0.05, 0.1) is 29.2 Å². The highest BCUT2D eigenvalue weighted by Gasteiger charge is 2.31. The smallest absolute Gasteiger partial charge is 0.376 e. The molecule has 5 aromatic rings. The van der Waals surface area contributed by atoms with E-state index >= 15 is 0 Å². The van der Waals surface area contributed by atoms with Crippen LogP contribution in [0.25, 0.3) is 38.9 Å². The zero-order valence-electron chi connectivity index (χ0n) is 17.8. The number of para-hydroxylation sites is 2. The SMILES string of the molecule is O=c1c2c3nc4ccccc4nc3n(-c3cccc(C(F)(F)F)c3)c2ncn1C[C@@H]1CCCO1. The van der Waals surface area contributed by atoms with Gasteiger partial charge in [-0.3, -0.25) is 13.9 Å². The van der Waals surface area contributed by atoms with Gasteiger partial charge in [-0.1, -0.05) is 18.2 Å². The fourth-order valence-corrected chi connectivity index (χ4v) is 4.48. The molecule has 3 aromatic heterocycles. The Morgan fingerprint density at radius 3 is 2.56 bits per heavy atom. The van der Waals surface area contributed by atoms with Crippen molar-refractivity contribution in [1.82, 2.24) is 24.1 Å². The van der Waals surface area contributed by atoms with Gasteiger partial charge >= 0.3 is 6.18 Å². The highest BCUT2D eigenvalue weighted by molar-refractivity contribution is 6.05.